The zero-order valence-corrected chi connectivity index (χ0v) is 11.3. The van der Waals surface area contributed by atoms with Gasteiger partial charge in [-0.25, -0.2) is 0 Å². The second-order valence-electron chi connectivity index (χ2n) is 5.92. The molecule has 0 radical (unpaired) electrons. The van der Waals surface area contributed by atoms with E-state index >= 15 is 0 Å². The van der Waals surface area contributed by atoms with Crippen molar-refractivity contribution < 1.29 is 9.90 Å². The van der Waals surface area contributed by atoms with Crippen LogP contribution < -0.4 is 0 Å². The number of hydrogen-bond acceptors (Lipinski definition) is 2. The molecule has 0 unspecified atom stereocenters. The van der Waals surface area contributed by atoms with Gasteiger partial charge in [0.25, 0.3) is 0 Å². The average molecular weight is 247 g/mol. The molecule has 0 atom stereocenters. The summed E-state index contributed by atoms with van der Waals surface area (Å²) < 4.78 is 0. The second-order valence-corrected chi connectivity index (χ2v) is 5.92. The molecule has 98 valence electrons. The molecule has 0 bridgehead atoms. The minimum absolute atomic E-state index is 0.121. The van der Waals surface area contributed by atoms with Gasteiger partial charge in [0.05, 0.1) is 11.0 Å². The van der Waals surface area contributed by atoms with Crippen molar-refractivity contribution in [1.29, 1.82) is 0 Å². The second kappa shape index (κ2) is 4.39. The highest BCUT2D eigenvalue weighted by Crippen LogP contribution is 2.49. The van der Waals surface area contributed by atoms with Gasteiger partial charge >= 0.3 is 0 Å². The quantitative estimate of drug-likeness (QED) is 0.883. The first-order valence-corrected chi connectivity index (χ1v) is 6.39. The lowest BCUT2D eigenvalue weighted by Crippen LogP contribution is -2.44. The van der Waals surface area contributed by atoms with Crippen LogP contribution in [0.25, 0.3) is 0 Å². The van der Waals surface area contributed by atoms with Gasteiger partial charge in [0.15, 0.2) is 0 Å². The number of likely N-dealkylation sites (N-methyl/N-ethyl adjacent to an activating group) is 1. The summed E-state index contributed by atoms with van der Waals surface area (Å²) in [5.41, 5.74) is -0.0871. The van der Waals surface area contributed by atoms with Gasteiger partial charge in [-0.1, -0.05) is 30.3 Å². The molecule has 1 saturated carbocycles. The number of carbonyl (C=O) groups excluding carboxylic acids is 1. The van der Waals surface area contributed by atoms with Crippen LogP contribution in [0.3, 0.4) is 0 Å². The Hall–Kier alpha value is -1.35. The van der Waals surface area contributed by atoms with Crippen molar-refractivity contribution in [2.75, 3.05) is 13.6 Å². The predicted octanol–water partition coefficient (Wildman–Crippen LogP) is 1.95. The molecular formula is C15H21NO2. The first-order chi connectivity index (χ1) is 8.35. The molecule has 0 heterocycles. The lowest BCUT2D eigenvalue weighted by atomic mass is 9.94. The third kappa shape index (κ3) is 2.56. The summed E-state index contributed by atoms with van der Waals surface area (Å²) in [5.74, 6) is 0.121. The number of rotatable bonds is 4. The molecule has 0 aliphatic heterocycles. The fourth-order valence-corrected chi connectivity index (χ4v) is 2.53. The standard InChI is InChI=1S/C15H21NO2/c1-14(2,18)11-16(3)13(17)15(9-10-15)12-7-5-4-6-8-12/h4-8,18H,9-11H2,1-3H3. The Labute approximate surface area is 108 Å². The van der Waals surface area contributed by atoms with E-state index in [1.165, 1.54) is 0 Å². The maximum Gasteiger partial charge on any atom is 0.233 e. The van der Waals surface area contributed by atoms with Crippen LogP contribution in [0, 0.1) is 0 Å². The van der Waals surface area contributed by atoms with E-state index in [0.29, 0.717) is 6.54 Å². The van der Waals surface area contributed by atoms with Gasteiger partial charge < -0.3 is 10.0 Å². The van der Waals surface area contributed by atoms with Crippen molar-refractivity contribution in [3.8, 4) is 0 Å². The van der Waals surface area contributed by atoms with Crippen molar-refractivity contribution in [2.45, 2.75) is 37.7 Å². The molecule has 1 aromatic rings. The molecule has 18 heavy (non-hydrogen) atoms. The van der Waals surface area contributed by atoms with Crippen molar-refractivity contribution in [3.63, 3.8) is 0 Å². The monoisotopic (exact) mass is 247 g/mol. The Morgan fingerprint density at radius 2 is 1.89 bits per heavy atom. The van der Waals surface area contributed by atoms with E-state index in [1.54, 1.807) is 25.8 Å². The van der Waals surface area contributed by atoms with Crippen LogP contribution >= 0.6 is 0 Å². The first-order valence-electron chi connectivity index (χ1n) is 6.39. The van der Waals surface area contributed by atoms with E-state index in [2.05, 4.69) is 0 Å². The third-order valence-corrected chi connectivity index (χ3v) is 3.46. The molecule has 2 rings (SSSR count). The molecule has 0 saturated heterocycles. The lowest BCUT2D eigenvalue weighted by molar-refractivity contribution is -0.135. The summed E-state index contributed by atoms with van der Waals surface area (Å²) in [5, 5.41) is 9.80. The van der Waals surface area contributed by atoms with Gasteiger partial charge in [-0.05, 0) is 32.3 Å². The zero-order chi connectivity index (χ0) is 13.4. The Bertz CT molecular complexity index is 430. The average Bonchev–Trinajstić information content (AvgIpc) is 3.08. The van der Waals surface area contributed by atoms with E-state index in [-0.39, 0.29) is 11.3 Å². The van der Waals surface area contributed by atoms with Gasteiger partial charge in [-0.2, -0.15) is 0 Å². The van der Waals surface area contributed by atoms with Crippen molar-refractivity contribution in [3.05, 3.63) is 35.9 Å². The number of amides is 1. The number of hydrogen-bond donors (Lipinski definition) is 1. The largest absolute Gasteiger partial charge is 0.389 e. The molecule has 1 aliphatic carbocycles. The van der Waals surface area contributed by atoms with Crippen LogP contribution in [-0.4, -0.2) is 35.1 Å². The fraction of sp³-hybridized carbons (Fsp3) is 0.533. The summed E-state index contributed by atoms with van der Waals surface area (Å²) in [4.78, 5) is 14.2. The normalized spacial score (nSPS) is 17.3. The molecule has 1 aliphatic rings. The highest BCUT2D eigenvalue weighted by Gasteiger charge is 2.52. The molecule has 1 fully saturated rings. The molecule has 1 aromatic carbocycles. The predicted molar refractivity (Wildman–Crippen MR) is 71.3 cm³/mol. The van der Waals surface area contributed by atoms with Crippen LogP contribution in [0.2, 0.25) is 0 Å². The molecule has 1 N–H and O–H groups in total. The van der Waals surface area contributed by atoms with E-state index < -0.39 is 5.60 Å². The fourth-order valence-electron chi connectivity index (χ4n) is 2.53. The van der Waals surface area contributed by atoms with Crippen molar-refractivity contribution in [1.82, 2.24) is 4.90 Å². The van der Waals surface area contributed by atoms with Gasteiger partial charge in [-0.3, -0.25) is 4.79 Å². The number of benzene rings is 1. The van der Waals surface area contributed by atoms with Crippen LogP contribution in [0.15, 0.2) is 30.3 Å². The highest BCUT2D eigenvalue weighted by atomic mass is 16.3. The zero-order valence-electron chi connectivity index (χ0n) is 11.3. The Kier molecular flexibility index (Phi) is 3.20. The molecule has 0 spiro atoms. The van der Waals surface area contributed by atoms with E-state index in [1.807, 2.05) is 30.3 Å². The first kappa shape index (κ1) is 13.1. The third-order valence-electron chi connectivity index (χ3n) is 3.46. The van der Waals surface area contributed by atoms with Gasteiger partial charge in [0.1, 0.15) is 0 Å². The maximum atomic E-state index is 12.5. The van der Waals surface area contributed by atoms with E-state index in [4.69, 9.17) is 0 Å². The summed E-state index contributed by atoms with van der Waals surface area (Å²) in [6.45, 7) is 3.80. The minimum Gasteiger partial charge on any atom is -0.389 e. The van der Waals surface area contributed by atoms with Crippen molar-refractivity contribution in [2.24, 2.45) is 0 Å². The lowest BCUT2D eigenvalue weighted by Gasteiger charge is -2.29. The highest BCUT2D eigenvalue weighted by molar-refractivity contribution is 5.91. The van der Waals surface area contributed by atoms with Gasteiger partial charge in [0.2, 0.25) is 5.91 Å². The molecule has 3 nitrogen and oxygen atoms in total. The molecular weight excluding hydrogens is 226 g/mol. The van der Waals surface area contributed by atoms with Crippen LogP contribution in [-0.2, 0) is 10.2 Å². The summed E-state index contributed by atoms with van der Waals surface area (Å²) in [7, 11) is 1.77. The summed E-state index contributed by atoms with van der Waals surface area (Å²) >= 11 is 0. The maximum absolute atomic E-state index is 12.5. The van der Waals surface area contributed by atoms with E-state index in [9.17, 15) is 9.90 Å². The number of carbonyl (C=O) groups is 1. The molecule has 1 amide bonds. The number of nitrogens with zero attached hydrogens (tertiary/aromatic N) is 1. The molecule has 3 heteroatoms. The smallest absolute Gasteiger partial charge is 0.233 e. The van der Waals surface area contributed by atoms with Crippen LogP contribution in [0.1, 0.15) is 32.3 Å². The minimum atomic E-state index is -0.850. The van der Waals surface area contributed by atoms with Crippen LogP contribution in [0.5, 0.6) is 0 Å². The topological polar surface area (TPSA) is 40.5 Å². The summed E-state index contributed by atoms with van der Waals surface area (Å²) in [6.07, 6.45) is 1.82. The Morgan fingerprint density at radius 3 is 2.33 bits per heavy atom. The molecule has 0 aromatic heterocycles. The van der Waals surface area contributed by atoms with Gasteiger partial charge in [-0.15, -0.1) is 0 Å². The Balaban J connectivity index is 2.14. The summed E-state index contributed by atoms with van der Waals surface area (Å²) in [6, 6.07) is 9.94. The van der Waals surface area contributed by atoms with Crippen molar-refractivity contribution >= 4 is 5.91 Å². The SMILES string of the molecule is CN(CC(C)(C)O)C(=O)C1(c2ccccc2)CC1. The Morgan fingerprint density at radius 1 is 1.33 bits per heavy atom. The van der Waals surface area contributed by atoms with Gasteiger partial charge in [0, 0.05) is 13.6 Å². The van der Waals surface area contributed by atoms with E-state index in [0.717, 1.165) is 18.4 Å². The number of aliphatic hydroxyl groups is 1. The van der Waals surface area contributed by atoms with Crippen LogP contribution in [0.4, 0.5) is 0 Å².